The second-order valence-corrected chi connectivity index (χ2v) is 11.6. The van der Waals surface area contributed by atoms with Crippen molar-refractivity contribution in [3.63, 3.8) is 0 Å². The topological polar surface area (TPSA) is 56.5 Å². The van der Waals surface area contributed by atoms with Gasteiger partial charge in [0.1, 0.15) is 12.4 Å². The number of hydrogen-bond acceptors (Lipinski definition) is 4. The van der Waals surface area contributed by atoms with E-state index in [1.54, 1.807) is 18.3 Å². The van der Waals surface area contributed by atoms with E-state index in [2.05, 4.69) is 56.0 Å². The molecule has 1 heterocycles. The van der Waals surface area contributed by atoms with E-state index in [-0.39, 0.29) is 11.5 Å². The molecule has 0 radical (unpaired) electrons. The molecule has 0 atom stereocenters. The molecular weight excluding hydrogens is 618 g/mol. The van der Waals surface area contributed by atoms with Gasteiger partial charge in [-0.2, -0.15) is 9.78 Å². The maximum Gasteiger partial charge on any atom is 0.282 e. The number of benzene rings is 3. The highest BCUT2D eigenvalue weighted by molar-refractivity contribution is 9.10. The predicted molar refractivity (Wildman–Crippen MR) is 157 cm³/mol. The predicted octanol–water partition coefficient (Wildman–Crippen LogP) is 8.39. The third kappa shape index (κ3) is 6.00. The minimum atomic E-state index is -0.175. The van der Waals surface area contributed by atoms with Gasteiger partial charge in [0.15, 0.2) is 5.75 Å². The number of ether oxygens (including phenoxy) is 1. The molecule has 0 saturated heterocycles. The number of hydrogen-bond donors (Lipinski definition) is 0. The Morgan fingerprint density at radius 2 is 1.84 bits per heavy atom. The van der Waals surface area contributed by atoms with Crippen molar-refractivity contribution in [2.75, 3.05) is 0 Å². The fourth-order valence-electron chi connectivity index (χ4n) is 4.66. The first kappa shape index (κ1) is 26.1. The minimum absolute atomic E-state index is 0.175. The average molecular weight is 644 g/mol. The zero-order chi connectivity index (χ0) is 25.9. The molecule has 0 spiro atoms. The van der Waals surface area contributed by atoms with Gasteiger partial charge >= 0.3 is 0 Å². The molecule has 1 aliphatic rings. The molecule has 5 nitrogen and oxygen atoms in total. The number of aryl methyl sites for hydroxylation is 1. The third-order valence-electron chi connectivity index (χ3n) is 6.65. The molecule has 0 N–H and O–H groups in total. The summed E-state index contributed by atoms with van der Waals surface area (Å²) in [6.07, 6.45) is 7.16. The smallest absolute Gasteiger partial charge is 0.282 e. The van der Waals surface area contributed by atoms with Gasteiger partial charge in [0.2, 0.25) is 0 Å². The van der Waals surface area contributed by atoms with Gasteiger partial charge in [-0.15, -0.1) is 0 Å². The molecule has 4 aromatic rings. The van der Waals surface area contributed by atoms with E-state index < -0.39 is 0 Å². The standard InChI is InChI=1S/C29H26Br2ClN3O2/c1-18-7-9-19(10-8-18)17-37-27-24(31)13-20(14-25(27)32)16-33-35-28(21-5-3-2-4-6-21)34-26-12-11-22(30)15-23(26)29(35)36/h7-16,21H,2-6,17H2,1H3. The molecular formula is C29H26Br2ClN3O2. The summed E-state index contributed by atoms with van der Waals surface area (Å²) in [6, 6.07) is 17.5. The molecule has 0 amide bonds. The van der Waals surface area contributed by atoms with Crippen LogP contribution in [0, 0.1) is 6.92 Å². The molecule has 1 aromatic heterocycles. The van der Waals surface area contributed by atoms with Crippen molar-refractivity contribution < 1.29 is 4.74 Å². The molecule has 3 aromatic carbocycles. The number of nitrogens with zero attached hydrogens (tertiary/aromatic N) is 3. The van der Waals surface area contributed by atoms with Crippen molar-refractivity contribution in [2.45, 2.75) is 51.6 Å². The molecule has 1 saturated carbocycles. The largest absolute Gasteiger partial charge is 0.486 e. The van der Waals surface area contributed by atoms with Crippen molar-refractivity contribution in [2.24, 2.45) is 5.10 Å². The Hall–Kier alpha value is -2.48. The molecule has 37 heavy (non-hydrogen) atoms. The summed E-state index contributed by atoms with van der Waals surface area (Å²) in [5.74, 6) is 1.50. The summed E-state index contributed by atoms with van der Waals surface area (Å²) in [4.78, 5) is 18.4. The van der Waals surface area contributed by atoms with E-state index in [0.29, 0.717) is 32.8 Å². The number of fused-ring (bicyclic) bond motifs is 1. The zero-order valence-electron chi connectivity index (χ0n) is 20.4. The van der Waals surface area contributed by atoms with E-state index >= 15 is 0 Å². The second-order valence-electron chi connectivity index (χ2n) is 9.42. The average Bonchev–Trinajstić information content (AvgIpc) is 2.89. The van der Waals surface area contributed by atoms with Crippen LogP contribution in [0.25, 0.3) is 10.9 Å². The monoisotopic (exact) mass is 641 g/mol. The van der Waals surface area contributed by atoms with Crippen LogP contribution in [0.4, 0.5) is 0 Å². The number of rotatable bonds is 6. The van der Waals surface area contributed by atoms with Crippen LogP contribution in [-0.2, 0) is 6.61 Å². The first-order valence-electron chi connectivity index (χ1n) is 12.3. The Labute approximate surface area is 237 Å². The lowest BCUT2D eigenvalue weighted by atomic mass is 9.88. The Morgan fingerprint density at radius 1 is 1.08 bits per heavy atom. The van der Waals surface area contributed by atoms with Crippen molar-refractivity contribution in [3.05, 3.63) is 101 Å². The SMILES string of the molecule is Cc1ccc(COc2c(Cl)cc(C=Nn3c(C4CCCCC4)nc4ccc(Br)cc4c3=O)cc2Br)cc1. The lowest BCUT2D eigenvalue weighted by Gasteiger charge is -2.22. The lowest BCUT2D eigenvalue weighted by Crippen LogP contribution is -2.25. The quantitative estimate of drug-likeness (QED) is 0.198. The molecule has 0 unspecified atom stereocenters. The van der Waals surface area contributed by atoms with Crippen LogP contribution in [-0.4, -0.2) is 15.9 Å². The van der Waals surface area contributed by atoms with E-state index in [1.165, 1.54) is 16.7 Å². The second kappa shape index (κ2) is 11.5. The fourth-order valence-corrected chi connectivity index (χ4v) is 6.01. The van der Waals surface area contributed by atoms with Crippen LogP contribution < -0.4 is 10.3 Å². The summed E-state index contributed by atoms with van der Waals surface area (Å²) < 4.78 is 9.01. The van der Waals surface area contributed by atoms with E-state index in [1.807, 2.05) is 30.3 Å². The van der Waals surface area contributed by atoms with Gasteiger partial charge in [-0.3, -0.25) is 4.79 Å². The molecule has 8 heteroatoms. The van der Waals surface area contributed by atoms with Gasteiger partial charge in [-0.25, -0.2) is 4.98 Å². The van der Waals surface area contributed by atoms with Crippen LogP contribution in [0.3, 0.4) is 0 Å². The minimum Gasteiger partial charge on any atom is -0.486 e. The first-order valence-corrected chi connectivity index (χ1v) is 14.3. The van der Waals surface area contributed by atoms with Gasteiger partial charge in [-0.05, 0) is 77.2 Å². The Kier molecular flexibility index (Phi) is 8.12. The van der Waals surface area contributed by atoms with Gasteiger partial charge < -0.3 is 4.74 Å². The highest BCUT2D eigenvalue weighted by Crippen LogP contribution is 2.35. The van der Waals surface area contributed by atoms with Crippen molar-refractivity contribution in [1.82, 2.24) is 9.66 Å². The number of halogens is 3. The van der Waals surface area contributed by atoms with Crippen LogP contribution >= 0.6 is 43.5 Å². The molecule has 0 aliphatic heterocycles. The van der Waals surface area contributed by atoms with Crippen LogP contribution in [0.15, 0.2) is 73.4 Å². The maximum absolute atomic E-state index is 13.5. The maximum atomic E-state index is 13.5. The summed E-state index contributed by atoms with van der Waals surface area (Å²) in [6.45, 7) is 2.46. The summed E-state index contributed by atoms with van der Waals surface area (Å²) in [5, 5.41) is 5.62. The van der Waals surface area contributed by atoms with Crippen molar-refractivity contribution in [3.8, 4) is 5.75 Å². The van der Waals surface area contributed by atoms with Crippen LogP contribution in [0.5, 0.6) is 5.75 Å². The normalized spacial score (nSPS) is 14.5. The van der Waals surface area contributed by atoms with E-state index in [4.69, 9.17) is 21.3 Å². The molecule has 0 bridgehead atoms. The van der Waals surface area contributed by atoms with Crippen molar-refractivity contribution >= 4 is 60.6 Å². The van der Waals surface area contributed by atoms with Crippen molar-refractivity contribution in [1.29, 1.82) is 0 Å². The Balaban J connectivity index is 1.47. The summed E-state index contributed by atoms with van der Waals surface area (Å²) in [7, 11) is 0. The van der Waals surface area contributed by atoms with E-state index in [9.17, 15) is 4.79 Å². The van der Waals surface area contributed by atoms with Gasteiger partial charge in [0, 0.05) is 10.4 Å². The third-order valence-corrected chi connectivity index (χ3v) is 8.01. The van der Waals surface area contributed by atoms with Gasteiger partial charge in [-0.1, -0.05) is 76.6 Å². The number of aromatic nitrogens is 2. The summed E-state index contributed by atoms with van der Waals surface area (Å²) >= 11 is 13.6. The first-order chi connectivity index (χ1) is 17.9. The molecule has 1 fully saturated rings. The molecule has 190 valence electrons. The fraction of sp³-hybridized carbons (Fsp3) is 0.276. The van der Waals surface area contributed by atoms with Crippen LogP contribution in [0.1, 0.15) is 60.5 Å². The highest BCUT2D eigenvalue weighted by Gasteiger charge is 2.22. The van der Waals surface area contributed by atoms with Gasteiger partial charge in [0.05, 0.1) is 26.6 Å². The Bertz CT molecular complexity index is 1500. The summed E-state index contributed by atoms with van der Waals surface area (Å²) in [5.41, 5.74) is 3.53. The van der Waals surface area contributed by atoms with E-state index in [0.717, 1.165) is 47.1 Å². The zero-order valence-corrected chi connectivity index (χ0v) is 24.3. The van der Waals surface area contributed by atoms with Gasteiger partial charge in [0.25, 0.3) is 5.56 Å². The van der Waals surface area contributed by atoms with Crippen LogP contribution in [0.2, 0.25) is 5.02 Å². The molecule has 1 aliphatic carbocycles. The Morgan fingerprint density at radius 3 is 2.57 bits per heavy atom. The highest BCUT2D eigenvalue weighted by atomic mass is 79.9. The molecule has 5 rings (SSSR count). The lowest BCUT2D eigenvalue weighted by molar-refractivity contribution is 0.304.